The first-order valence-corrected chi connectivity index (χ1v) is 5.69. The number of allylic oxidation sites excluding steroid dienone is 1. The van der Waals surface area contributed by atoms with Gasteiger partial charge in [-0.3, -0.25) is 0 Å². The quantitative estimate of drug-likeness (QED) is 0.590. The molecule has 0 aromatic rings. The molecule has 0 heterocycles. The van der Waals surface area contributed by atoms with E-state index in [4.69, 9.17) is 4.74 Å². The van der Waals surface area contributed by atoms with Crippen LogP contribution in [0.5, 0.6) is 0 Å². The largest absolute Gasteiger partial charge is 0.416 e. The Labute approximate surface area is 96.0 Å². The third kappa shape index (κ3) is 4.47. The van der Waals surface area contributed by atoms with Crippen molar-refractivity contribution < 1.29 is 14.3 Å². The summed E-state index contributed by atoms with van der Waals surface area (Å²) >= 11 is 0. The topological polar surface area (TPSA) is 55.4 Å². The van der Waals surface area contributed by atoms with Crippen molar-refractivity contribution in [3.8, 4) is 0 Å². The molecule has 1 amide bonds. The Morgan fingerprint density at radius 2 is 2.06 bits per heavy atom. The van der Waals surface area contributed by atoms with Gasteiger partial charge in [0.25, 0.3) is 0 Å². The fraction of sp³-hybridized carbons (Fsp3) is 0.667. The summed E-state index contributed by atoms with van der Waals surface area (Å²) in [5, 5.41) is 2.80. The van der Waals surface area contributed by atoms with Gasteiger partial charge in [0.1, 0.15) is 6.29 Å². The molecular weight excluding hydrogens is 206 g/mol. The number of alkyl carbamates (subject to hydrolysis) is 1. The van der Waals surface area contributed by atoms with Crippen molar-refractivity contribution in [1.29, 1.82) is 0 Å². The molecule has 0 unspecified atom stereocenters. The summed E-state index contributed by atoms with van der Waals surface area (Å²) in [5.41, 5.74) is 0. The van der Waals surface area contributed by atoms with Gasteiger partial charge in [-0.15, -0.1) is 0 Å². The van der Waals surface area contributed by atoms with Crippen molar-refractivity contribution >= 4 is 12.4 Å². The highest BCUT2D eigenvalue weighted by Gasteiger charge is 2.22. The number of carbonyl (C=O) groups excluding carboxylic acids is 2. The normalized spacial score (nSPS) is 24.6. The molecule has 0 saturated heterocycles. The van der Waals surface area contributed by atoms with E-state index in [0.717, 1.165) is 32.0 Å². The SMILES string of the molecule is C=C(C)OC(=O)NC1CCC(CC=O)CC1. The highest BCUT2D eigenvalue weighted by Crippen LogP contribution is 2.26. The first-order chi connectivity index (χ1) is 7.61. The van der Waals surface area contributed by atoms with Crippen molar-refractivity contribution in [3.63, 3.8) is 0 Å². The minimum absolute atomic E-state index is 0.176. The van der Waals surface area contributed by atoms with Gasteiger partial charge in [0.15, 0.2) is 0 Å². The van der Waals surface area contributed by atoms with E-state index >= 15 is 0 Å². The van der Waals surface area contributed by atoms with E-state index in [9.17, 15) is 9.59 Å². The molecule has 0 spiro atoms. The van der Waals surface area contributed by atoms with E-state index in [0.29, 0.717) is 18.1 Å². The Morgan fingerprint density at radius 1 is 1.44 bits per heavy atom. The standard InChI is InChI=1S/C12H19NO3/c1-9(2)16-12(15)13-11-5-3-10(4-6-11)7-8-14/h8,10-11H,1,3-7H2,2H3,(H,13,15). The van der Waals surface area contributed by atoms with E-state index in [1.807, 2.05) is 0 Å². The maximum absolute atomic E-state index is 11.3. The van der Waals surface area contributed by atoms with Gasteiger partial charge in [0.05, 0.1) is 5.76 Å². The highest BCUT2D eigenvalue weighted by atomic mass is 16.6. The number of ether oxygens (including phenoxy) is 1. The van der Waals surface area contributed by atoms with Crippen molar-refractivity contribution in [2.45, 2.75) is 45.1 Å². The number of nitrogens with one attached hydrogen (secondary N) is 1. The maximum atomic E-state index is 11.3. The molecule has 1 N–H and O–H groups in total. The van der Waals surface area contributed by atoms with E-state index in [2.05, 4.69) is 11.9 Å². The summed E-state index contributed by atoms with van der Waals surface area (Å²) in [6.07, 6.45) is 5.03. The lowest BCUT2D eigenvalue weighted by atomic mass is 9.84. The van der Waals surface area contributed by atoms with Crippen LogP contribution in [-0.4, -0.2) is 18.4 Å². The molecule has 0 aliphatic heterocycles. The van der Waals surface area contributed by atoms with Gasteiger partial charge in [-0.05, 0) is 38.5 Å². The van der Waals surface area contributed by atoms with Gasteiger partial charge in [0.2, 0.25) is 0 Å². The fourth-order valence-corrected chi connectivity index (χ4v) is 2.03. The van der Waals surface area contributed by atoms with Gasteiger partial charge < -0.3 is 14.8 Å². The van der Waals surface area contributed by atoms with Gasteiger partial charge in [-0.1, -0.05) is 6.58 Å². The van der Waals surface area contributed by atoms with Crippen LogP contribution in [0.4, 0.5) is 4.79 Å². The number of carbonyl (C=O) groups is 2. The lowest BCUT2D eigenvalue weighted by molar-refractivity contribution is -0.108. The summed E-state index contributed by atoms with van der Waals surface area (Å²) in [7, 11) is 0. The molecule has 4 heteroatoms. The Morgan fingerprint density at radius 3 is 2.56 bits per heavy atom. The summed E-state index contributed by atoms with van der Waals surface area (Å²) in [6, 6.07) is 0.176. The van der Waals surface area contributed by atoms with Crippen LogP contribution < -0.4 is 5.32 Å². The van der Waals surface area contributed by atoms with Crippen molar-refractivity contribution in [2.75, 3.05) is 0 Å². The van der Waals surface area contributed by atoms with Crippen molar-refractivity contribution in [2.24, 2.45) is 5.92 Å². The van der Waals surface area contributed by atoms with Gasteiger partial charge >= 0.3 is 6.09 Å². The second kappa shape index (κ2) is 6.30. The molecule has 90 valence electrons. The van der Waals surface area contributed by atoms with Crippen LogP contribution in [0.25, 0.3) is 0 Å². The number of hydrogen-bond acceptors (Lipinski definition) is 3. The lowest BCUT2D eigenvalue weighted by Crippen LogP contribution is -2.37. The summed E-state index contributed by atoms with van der Waals surface area (Å²) in [6.45, 7) is 5.14. The second-order valence-corrected chi connectivity index (χ2v) is 4.36. The monoisotopic (exact) mass is 225 g/mol. The molecule has 0 bridgehead atoms. The Kier molecular flexibility index (Phi) is 5.02. The number of amides is 1. The van der Waals surface area contributed by atoms with Crippen LogP contribution in [-0.2, 0) is 9.53 Å². The van der Waals surface area contributed by atoms with E-state index in [1.165, 1.54) is 0 Å². The van der Waals surface area contributed by atoms with E-state index < -0.39 is 6.09 Å². The molecule has 1 fully saturated rings. The number of hydrogen-bond donors (Lipinski definition) is 1. The van der Waals surface area contributed by atoms with E-state index in [-0.39, 0.29) is 6.04 Å². The van der Waals surface area contributed by atoms with Crippen LogP contribution in [0.2, 0.25) is 0 Å². The molecule has 4 nitrogen and oxygen atoms in total. The molecule has 1 aliphatic carbocycles. The van der Waals surface area contributed by atoms with Crippen LogP contribution in [0.1, 0.15) is 39.0 Å². The lowest BCUT2D eigenvalue weighted by Gasteiger charge is -2.27. The summed E-state index contributed by atoms with van der Waals surface area (Å²) in [4.78, 5) is 21.6. The Balaban J connectivity index is 2.23. The molecule has 0 aromatic heterocycles. The number of rotatable bonds is 4. The predicted molar refractivity (Wildman–Crippen MR) is 60.9 cm³/mol. The van der Waals surface area contributed by atoms with Gasteiger partial charge in [-0.2, -0.15) is 0 Å². The third-order valence-corrected chi connectivity index (χ3v) is 2.87. The molecule has 1 saturated carbocycles. The molecule has 0 atom stereocenters. The van der Waals surface area contributed by atoms with Crippen molar-refractivity contribution in [1.82, 2.24) is 5.32 Å². The Hall–Kier alpha value is -1.32. The molecule has 16 heavy (non-hydrogen) atoms. The van der Waals surface area contributed by atoms with Crippen LogP contribution in [0.15, 0.2) is 12.3 Å². The summed E-state index contributed by atoms with van der Waals surface area (Å²) < 4.78 is 4.83. The number of aldehydes is 1. The molecular formula is C12H19NO3. The zero-order valence-electron chi connectivity index (χ0n) is 9.70. The summed E-state index contributed by atoms with van der Waals surface area (Å²) in [5.74, 6) is 0.889. The second-order valence-electron chi connectivity index (χ2n) is 4.36. The van der Waals surface area contributed by atoms with Gasteiger partial charge in [-0.25, -0.2) is 4.79 Å². The molecule has 1 aliphatic rings. The van der Waals surface area contributed by atoms with Crippen LogP contribution >= 0.6 is 0 Å². The first kappa shape index (κ1) is 12.7. The molecule has 0 aromatic carbocycles. The Bertz CT molecular complexity index is 267. The molecule has 1 rings (SSSR count). The van der Waals surface area contributed by atoms with Gasteiger partial charge in [0, 0.05) is 12.5 Å². The van der Waals surface area contributed by atoms with Crippen LogP contribution in [0, 0.1) is 5.92 Å². The predicted octanol–water partition coefficient (Wildman–Crippen LogP) is 2.39. The highest BCUT2D eigenvalue weighted by molar-refractivity contribution is 5.68. The minimum Gasteiger partial charge on any atom is -0.416 e. The average molecular weight is 225 g/mol. The molecule has 0 radical (unpaired) electrons. The van der Waals surface area contributed by atoms with Crippen molar-refractivity contribution in [3.05, 3.63) is 12.3 Å². The smallest absolute Gasteiger partial charge is 0.412 e. The third-order valence-electron chi connectivity index (χ3n) is 2.87. The van der Waals surface area contributed by atoms with E-state index in [1.54, 1.807) is 6.92 Å². The zero-order valence-corrected chi connectivity index (χ0v) is 9.70. The average Bonchev–Trinajstić information content (AvgIpc) is 2.20. The van der Waals surface area contributed by atoms with Crippen LogP contribution in [0.3, 0.4) is 0 Å². The maximum Gasteiger partial charge on any atom is 0.412 e. The zero-order chi connectivity index (χ0) is 12.0. The fourth-order valence-electron chi connectivity index (χ4n) is 2.03. The minimum atomic E-state index is -0.425. The first-order valence-electron chi connectivity index (χ1n) is 5.69.